The Morgan fingerprint density at radius 2 is 1.41 bits per heavy atom. The van der Waals surface area contributed by atoms with E-state index in [0.717, 1.165) is 21.0 Å². The Balaban J connectivity index is 1.62. The van der Waals surface area contributed by atoms with Gasteiger partial charge in [-0.15, -0.1) is 0 Å². The molecule has 2 N–H and O–H groups in total. The molecule has 0 spiro atoms. The largest absolute Gasteiger partial charge is 0.480 e. The van der Waals surface area contributed by atoms with E-state index in [1.807, 2.05) is 57.2 Å². The van der Waals surface area contributed by atoms with Crippen LogP contribution in [-0.4, -0.2) is 52.9 Å². The predicted molar refractivity (Wildman–Crippen MR) is 168 cm³/mol. The predicted octanol–water partition coefficient (Wildman–Crippen LogP) is 5.84. The van der Waals surface area contributed by atoms with Gasteiger partial charge in [-0.3, -0.25) is 4.79 Å². The van der Waals surface area contributed by atoms with E-state index >= 15 is 0 Å². The lowest BCUT2D eigenvalue weighted by atomic mass is 10.1. The quantitative estimate of drug-likeness (QED) is 0.169. The molecule has 0 unspecified atom stereocenters. The monoisotopic (exact) mass is 595 g/mol. The molecule has 1 atom stereocenters. The van der Waals surface area contributed by atoms with Crippen LogP contribution in [0.3, 0.4) is 0 Å². The normalized spacial score (nSPS) is 12.3. The molecular formula is C32H41N3O4S2. The molecule has 0 aromatic heterocycles. The van der Waals surface area contributed by atoms with E-state index in [1.54, 1.807) is 24.3 Å². The van der Waals surface area contributed by atoms with Crippen LogP contribution in [0.5, 0.6) is 0 Å². The summed E-state index contributed by atoms with van der Waals surface area (Å²) in [4.78, 5) is 14.5. The van der Waals surface area contributed by atoms with Crippen molar-refractivity contribution in [3.63, 3.8) is 0 Å². The second-order valence-electron chi connectivity index (χ2n) is 10.7. The van der Waals surface area contributed by atoms with E-state index in [9.17, 15) is 18.3 Å². The fourth-order valence-corrected chi connectivity index (χ4v) is 6.57. The summed E-state index contributed by atoms with van der Waals surface area (Å²) in [6.45, 7) is 7.65. The Hall–Kier alpha value is -3.27. The fourth-order valence-electron chi connectivity index (χ4n) is 4.57. The Morgan fingerprint density at radius 3 is 1.90 bits per heavy atom. The number of aryl methyl sites for hydroxylation is 1. The third-order valence-electron chi connectivity index (χ3n) is 6.71. The molecule has 9 heteroatoms. The summed E-state index contributed by atoms with van der Waals surface area (Å²) in [5.41, 5.74) is 3.24. The van der Waals surface area contributed by atoms with E-state index in [0.29, 0.717) is 37.6 Å². The minimum atomic E-state index is -3.97. The van der Waals surface area contributed by atoms with Crippen LogP contribution in [0.25, 0.3) is 0 Å². The summed E-state index contributed by atoms with van der Waals surface area (Å²) in [6, 6.07) is 25.7. The van der Waals surface area contributed by atoms with Gasteiger partial charge in [0.2, 0.25) is 10.0 Å². The fraction of sp³-hybridized carbons (Fsp3) is 0.375. The van der Waals surface area contributed by atoms with Gasteiger partial charge in [-0.25, -0.2) is 8.42 Å². The minimum absolute atomic E-state index is 0.0312. The first kappa shape index (κ1) is 32.2. The molecule has 3 aromatic carbocycles. The van der Waals surface area contributed by atoms with E-state index in [4.69, 9.17) is 12.2 Å². The lowest BCUT2D eigenvalue weighted by Crippen LogP contribution is -2.46. The van der Waals surface area contributed by atoms with Crippen LogP contribution in [-0.2, 0) is 27.9 Å². The molecule has 0 radical (unpaired) electrons. The first-order chi connectivity index (χ1) is 19.6. The maximum Gasteiger partial charge on any atom is 0.322 e. The number of sulfonamides is 1. The van der Waals surface area contributed by atoms with Gasteiger partial charge in [0.15, 0.2) is 5.11 Å². The number of carboxylic acid groups (broad SMARTS) is 1. The first-order valence-electron chi connectivity index (χ1n) is 14.0. The second kappa shape index (κ2) is 15.7. The summed E-state index contributed by atoms with van der Waals surface area (Å²) in [5.74, 6) is -1.17. The zero-order chi connectivity index (χ0) is 29.8. The summed E-state index contributed by atoms with van der Waals surface area (Å²) < 4.78 is 28.2. The van der Waals surface area contributed by atoms with Gasteiger partial charge in [0.05, 0.1) is 4.90 Å². The Kier molecular flexibility index (Phi) is 12.3. The Labute approximate surface area is 250 Å². The standard InChI is InChI=1S/C32H41N3O4S2/c1-25(2)22-35(41(38,39)29-19-17-26(3)18-20-29)30(31(36)37)16-10-11-21-33-32(40)34(23-27-12-6-4-7-13-27)24-28-14-8-5-9-15-28/h4-9,12-15,17-20,25,30H,10-11,16,21-24H2,1-3H3,(H,33,40)(H,36,37)/t30-/m0/s1. The molecule has 0 saturated carbocycles. The minimum Gasteiger partial charge on any atom is -0.480 e. The molecule has 0 aliphatic rings. The third kappa shape index (κ3) is 9.95. The lowest BCUT2D eigenvalue weighted by Gasteiger charge is -2.30. The highest BCUT2D eigenvalue weighted by molar-refractivity contribution is 7.89. The van der Waals surface area contributed by atoms with Crippen molar-refractivity contribution in [3.8, 4) is 0 Å². The first-order valence-corrected chi connectivity index (χ1v) is 15.8. The average Bonchev–Trinajstić information content (AvgIpc) is 2.94. The number of hydrogen-bond donors (Lipinski definition) is 2. The van der Waals surface area contributed by atoms with Crippen LogP contribution in [0.15, 0.2) is 89.8 Å². The van der Waals surface area contributed by atoms with Crippen LogP contribution in [0, 0.1) is 12.8 Å². The number of aliphatic carboxylic acids is 1. The molecule has 0 amide bonds. The van der Waals surface area contributed by atoms with Crippen molar-refractivity contribution >= 4 is 33.3 Å². The molecule has 3 rings (SSSR count). The zero-order valence-corrected chi connectivity index (χ0v) is 25.7. The van der Waals surface area contributed by atoms with Crippen molar-refractivity contribution in [1.82, 2.24) is 14.5 Å². The SMILES string of the molecule is Cc1ccc(S(=O)(=O)N(CC(C)C)[C@@H](CCCCNC(=S)N(Cc2ccccc2)Cc2ccccc2)C(=O)O)cc1. The highest BCUT2D eigenvalue weighted by Crippen LogP contribution is 2.23. The van der Waals surface area contributed by atoms with E-state index in [1.165, 1.54) is 0 Å². The maximum atomic E-state index is 13.5. The van der Waals surface area contributed by atoms with E-state index in [-0.39, 0.29) is 23.8 Å². The van der Waals surface area contributed by atoms with Crippen LogP contribution >= 0.6 is 12.2 Å². The highest BCUT2D eigenvalue weighted by Gasteiger charge is 2.36. The van der Waals surface area contributed by atoms with Crippen molar-refractivity contribution in [3.05, 3.63) is 102 Å². The van der Waals surface area contributed by atoms with Crippen molar-refractivity contribution in [2.75, 3.05) is 13.1 Å². The number of carbonyl (C=O) groups is 1. The molecule has 0 aliphatic carbocycles. The maximum absolute atomic E-state index is 13.5. The van der Waals surface area contributed by atoms with Crippen LogP contribution in [0.4, 0.5) is 0 Å². The number of nitrogens with zero attached hydrogens (tertiary/aromatic N) is 2. The molecule has 0 heterocycles. The second-order valence-corrected chi connectivity index (χ2v) is 13.0. The molecule has 220 valence electrons. The van der Waals surface area contributed by atoms with Gasteiger partial charge in [0.25, 0.3) is 0 Å². The summed E-state index contributed by atoms with van der Waals surface area (Å²) in [7, 11) is -3.97. The van der Waals surface area contributed by atoms with Gasteiger partial charge in [-0.1, -0.05) is 92.2 Å². The van der Waals surface area contributed by atoms with Crippen molar-refractivity contribution in [2.45, 2.75) is 64.1 Å². The number of unbranched alkanes of at least 4 members (excludes halogenated alkanes) is 1. The average molecular weight is 596 g/mol. The van der Waals surface area contributed by atoms with Gasteiger partial charge in [-0.05, 0) is 67.6 Å². The molecule has 0 fully saturated rings. The highest BCUT2D eigenvalue weighted by atomic mass is 32.2. The molecule has 7 nitrogen and oxygen atoms in total. The topological polar surface area (TPSA) is 90.0 Å². The molecular weight excluding hydrogens is 555 g/mol. The Morgan fingerprint density at radius 1 is 0.878 bits per heavy atom. The van der Waals surface area contributed by atoms with Crippen LogP contribution in [0.2, 0.25) is 0 Å². The lowest BCUT2D eigenvalue weighted by molar-refractivity contribution is -0.141. The summed E-state index contributed by atoms with van der Waals surface area (Å²) in [6.07, 6.45) is 1.38. The number of rotatable bonds is 15. The smallest absolute Gasteiger partial charge is 0.322 e. The van der Waals surface area contributed by atoms with Gasteiger partial charge in [-0.2, -0.15) is 4.31 Å². The number of hydrogen-bond acceptors (Lipinski definition) is 4. The zero-order valence-electron chi connectivity index (χ0n) is 24.1. The number of thiocarbonyl (C=S) groups is 1. The molecule has 3 aromatic rings. The van der Waals surface area contributed by atoms with E-state index in [2.05, 4.69) is 34.5 Å². The number of carboxylic acids is 1. The molecule has 0 saturated heterocycles. The van der Waals surface area contributed by atoms with E-state index < -0.39 is 22.0 Å². The molecule has 41 heavy (non-hydrogen) atoms. The van der Waals surface area contributed by atoms with Crippen molar-refractivity contribution in [1.29, 1.82) is 0 Å². The summed E-state index contributed by atoms with van der Waals surface area (Å²) >= 11 is 5.75. The van der Waals surface area contributed by atoms with Gasteiger partial charge < -0.3 is 15.3 Å². The van der Waals surface area contributed by atoms with Crippen LogP contribution < -0.4 is 5.32 Å². The number of benzene rings is 3. The van der Waals surface area contributed by atoms with Crippen molar-refractivity contribution < 1.29 is 18.3 Å². The third-order valence-corrected chi connectivity index (χ3v) is 9.00. The van der Waals surface area contributed by atoms with Crippen molar-refractivity contribution in [2.24, 2.45) is 5.92 Å². The van der Waals surface area contributed by atoms with Gasteiger partial charge in [0.1, 0.15) is 6.04 Å². The van der Waals surface area contributed by atoms with Gasteiger partial charge >= 0.3 is 5.97 Å². The number of nitrogens with one attached hydrogen (secondary N) is 1. The molecule has 0 aliphatic heterocycles. The van der Waals surface area contributed by atoms with Crippen LogP contribution in [0.1, 0.15) is 49.8 Å². The molecule has 0 bridgehead atoms. The summed E-state index contributed by atoms with van der Waals surface area (Å²) in [5, 5.41) is 14.0. The Bertz CT molecular complexity index is 1310. The van der Waals surface area contributed by atoms with Gasteiger partial charge in [0, 0.05) is 26.2 Å².